The molecule has 28 heavy (non-hydrogen) atoms. The monoisotopic (exact) mass is 501 g/mol. The van der Waals surface area contributed by atoms with E-state index in [0.29, 0.717) is 12.6 Å². The quantitative estimate of drug-likeness (QED) is 0.361. The molecule has 0 unspecified atom stereocenters. The Balaban J connectivity index is 0.00000280. The molecule has 0 saturated carbocycles. The number of aryl methyl sites for hydroxylation is 1. The van der Waals surface area contributed by atoms with Gasteiger partial charge in [-0.2, -0.15) is 5.10 Å². The summed E-state index contributed by atoms with van der Waals surface area (Å²) in [6.07, 6.45) is 3.65. The van der Waals surface area contributed by atoms with E-state index in [1.807, 2.05) is 19.2 Å². The van der Waals surface area contributed by atoms with Crippen LogP contribution in [0.2, 0.25) is 0 Å². The summed E-state index contributed by atoms with van der Waals surface area (Å²) in [4.78, 5) is 11.2. The van der Waals surface area contributed by atoms with Gasteiger partial charge in [0, 0.05) is 39.3 Å². The summed E-state index contributed by atoms with van der Waals surface area (Å²) in [5, 5.41) is 10.9. The number of guanidine groups is 1. The first-order valence-corrected chi connectivity index (χ1v) is 9.48. The lowest BCUT2D eigenvalue weighted by Gasteiger charge is -2.33. The standard InChI is InChI=1S/C19H28FN7.HI/c1-3-21-19(22-12-18-23-14-24-26(18)2)25-17-8-10-27(11-9-17)13-15-4-6-16(20)7-5-15;/h4-7,14,17H,3,8-13H2,1-2H3,(H2,21,22,25);1H. The van der Waals surface area contributed by atoms with Gasteiger partial charge in [-0.25, -0.2) is 14.4 Å². The third kappa shape index (κ3) is 6.69. The van der Waals surface area contributed by atoms with Gasteiger partial charge in [0.1, 0.15) is 24.5 Å². The Morgan fingerprint density at radius 2 is 1.96 bits per heavy atom. The second-order valence-corrected chi connectivity index (χ2v) is 6.82. The van der Waals surface area contributed by atoms with Gasteiger partial charge >= 0.3 is 0 Å². The van der Waals surface area contributed by atoms with E-state index in [2.05, 4.69) is 37.5 Å². The highest BCUT2D eigenvalue weighted by Gasteiger charge is 2.20. The van der Waals surface area contributed by atoms with Crippen molar-refractivity contribution in [2.75, 3.05) is 19.6 Å². The topological polar surface area (TPSA) is 70.4 Å². The number of hydrogen-bond donors (Lipinski definition) is 2. The first-order chi connectivity index (χ1) is 13.1. The van der Waals surface area contributed by atoms with E-state index in [-0.39, 0.29) is 29.8 Å². The van der Waals surface area contributed by atoms with E-state index in [1.165, 1.54) is 12.1 Å². The maximum Gasteiger partial charge on any atom is 0.191 e. The third-order valence-electron chi connectivity index (χ3n) is 4.78. The Morgan fingerprint density at radius 1 is 1.25 bits per heavy atom. The SMILES string of the molecule is CCNC(=NCc1ncnn1C)NC1CCN(Cc2ccc(F)cc2)CC1.I. The van der Waals surface area contributed by atoms with Crippen LogP contribution in [0.1, 0.15) is 31.2 Å². The van der Waals surface area contributed by atoms with Gasteiger partial charge in [0.25, 0.3) is 0 Å². The Bertz CT molecular complexity index is 739. The molecule has 0 atom stereocenters. The van der Waals surface area contributed by atoms with Crippen molar-refractivity contribution in [3.63, 3.8) is 0 Å². The normalized spacial score (nSPS) is 15.9. The van der Waals surface area contributed by atoms with E-state index in [9.17, 15) is 4.39 Å². The van der Waals surface area contributed by atoms with Gasteiger partial charge in [-0.3, -0.25) is 9.58 Å². The summed E-state index contributed by atoms with van der Waals surface area (Å²) >= 11 is 0. The molecule has 1 saturated heterocycles. The Kier molecular flexibility index (Phi) is 9.10. The minimum atomic E-state index is -0.182. The predicted octanol–water partition coefficient (Wildman–Crippen LogP) is 2.29. The number of piperidine rings is 1. The molecule has 9 heteroatoms. The van der Waals surface area contributed by atoms with Crippen LogP contribution in [0.15, 0.2) is 35.6 Å². The van der Waals surface area contributed by atoms with Crippen molar-refractivity contribution in [2.24, 2.45) is 12.0 Å². The number of aromatic nitrogens is 3. The molecule has 7 nitrogen and oxygen atoms in total. The molecule has 3 rings (SSSR count). The zero-order valence-electron chi connectivity index (χ0n) is 16.4. The maximum atomic E-state index is 13.0. The van der Waals surface area contributed by atoms with Crippen LogP contribution < -0.4 is 10.6 Å². The van der Waals surface area contributed by atoms with Gasteiger partial charge in [-0.05, 0) is 37.5 Å². The molecule has 0 amide bonds. The lowest BCUT2D eigenvalue weighted by molar-refractivity contribution is 0.198. The largest absolute Gasteiger partial charge is 0.357 e. The molecule has 2 heterocycles. The van der Waals surface area contributed by atoms with Crippen molar-refractivity contribution in [2.45, 2.75) is 38.9 Å². The first-order valence-electron chi connectivity index (χ1n) is 9.48. The van der Waals surface area contributed by atoms with E-state index < -0.39 is 0 Å². The van der Waals surface area contributed by atoms with E-state index >= 15 is 0 Å². The van der Waals surface area contributed by atoms with Gasteiger partial charge in [-0.15, -0.1) is 24.0 Å². The second kappa shape index (κ2) is 11.3. The number of benzene rings is 1. The van der Waals surface area contributed by atoms with Crippen LogP contribution in [0.4, 0.5) is 4.39 Å². The smallest absolute Gasteiger partial charge is 0.191 e. The average molecular weight is 501 g/mol. The molecule has 1 aliphatic rings. The predicted molar refractivity (Wildman–Crippen MR) is 119 cm³/mol. The molecule has 1 fully saturated rings. The lowest BCUT2D eigenvalue weighted by atomic mass is 10.0. The van der Waals surface area contributed by atoms with Crippen molar-refractivity contribution in [3.8, 4) is 0 Å². The number of halogens is 2. The first kappa shape index (κ1) is 22.5. The van der Waals surface area contributed by atoms with Crippen molar-refractivity contribution in [3.05, 3.63) is 47.8 Å². The molecule has 0 spiro atoms. The van der Waals surface area contributed by atoms with Crippen LogP contribution >= 0.6 is 24.0 Å². The second-order valence-electron chi connectivity index (χ2n) is 6.82. The van der Waals surface area contributed by atoms with Crippen molar-refractivity contribution in [1.29, 1.82) is 0 Å². The number of hydrogen-bond acceptors (Lipinski definition) is 4. The number of nitrogens with zero attached hydrogens (tertiary/aromatic N) is 5. The minimum absolute atomic E-state index is 0. The van der Waals surface area contributed by atoms with Crippen molar-refractivity contribution in [1.82, 2.24) is 30.3 Å². The van der Waals surface area contributed by atoms with Crippen LogP contribution in [0.5, 0.6) is 0 Å². The number of rotatable bonds is 6. The molecule has 2 N–H and O–H groups in total. The van der Waals surface area contributed by atoms with E-state index in [1.54, 1.807) is 11.0 Å². The fraction of sp³-hybridized carbons (Fsp3) is 0.526. The third-order valence-corrected chi connectivity index (χ3v) is 4.78. The summed E-state index contributed by atoms with van der Waals surface area (Å²) in [7, 11) is 1.87. The van der Waals surface area contributed by atoms with Gasteiger partial charge in [-0.1, -0.05) is 12.1 Å². The minimum Gasteiger partial charge on any atom is -0.357 e. The summed E-state index contributed by atoms with van der Waals surface area (Å²) in [6, 6.07) is 7.18. The molecule has 0 bridgehead atoms. The zero-order chi connectivity index (χ0) is 19.1. The van der Waals surface area contributed by atoms with Gasteiger partial charge in [0.05, 0.1) is 0 Å². The van der Waals surface area contributed by atoms with E-state index in [0.717, 1.165) is 56.4 Å². The number of aliphatic imine (C=N–C) groups is 1. The van der Waals surface area contributed by atoms with Crippen LogP contribution in [-0.2, 0) is 20.1 Å². The lowest BCUT2D eigenvalue weighted by Crippen LogP contribution is -2.48. The molecule has 0 radical (unpaired) electrons. The molecule has 154 valence electrons. The Labute approximate surface area is 182 Å². The van der Waals surface area contributed by atoms with Crippen LogP contribution in [0.3, 0.4) is 0 Å². The number of likely N-dealkylation sites (tertiary alicyclic amines) is 1. The molecular weight excluding hydrogens is 472 g/mol. The molecular formula is C19H29FIN7. The highest BCUT2D eigenvalue weighted by atomic mass is 127. The molecule has 0 aliphatic carbocycles. The number of nitrogens with one attached hydrogen (secondary N) is 2. The fourth-order valence-electron chi connectivity index (χ4n) is 3.21. The molecule has 1 aliphatic heterocycles. The van der Waals surface area contributed by atoms with Crippen LogP contribution in [-0.4, -0.2) is 51.3 Å². The Hall–Kier alpha value is -1.75. The fourth-order valence-corrected chi connectivity index (χ4v) is 3.21. The summed E-state index contributed by atoms with van der Waals surface area (Å²) in [5.74, 6) is 1.47. The average Bonchev–Trinajstić information content (AvgIpc) is 3.08. The van der Waals surface area contributed by atoms with E-state index in [4.69, 9.17) is 0 Å². The summed E-state index contributed by atoms with van der Waals surface area (Å²) < 4.78 is 14.8. The van der Waals surface area contributed by atoms with Crippen LogP contribution in [0.25, 0.3) is 0 Å². The molecule has 1 aromatic heterocycles. The highest BCUT2D eigenvalue weighted by Crippen LogP contribution is 2.14. The molecule has 1 aromatic carbocycles. The highest BCUT2D eigenvalue weighted by molar-refractivity contribution is 14.0. The molecule has 2 aromatic rings. The van der Waals surface area contributed by atoms with Gasteiger partial charge in [0.2, 0.25) is 0 Å². The summed E-state index contributed by atoms with van der Waals surface area (Å²) in [6.45, 7) is 6.26. The Morgan fingerprint density at radius 3 is 2.57 bits per heavy atom. The summed E-state index contributed by atoms with van der Waals surface area (Å²) in [5.41, 5.74) is 1.15. The zero-order valence-corrected chi connectivity index (χ0v) is 18.8. The van der Waals surface area contributed by atoms with Crippen LogP contribution in [0, 0.1) is 5.82 Å². The van der Waals surface area contributed by atoms with Gasteiger partial charge < -0.3 is 10.6 Å². The maximum absolute atomic E-state index is 13.0. The van der Waals surface area contributed by atoms with Gasteiger partial charge in [0.15, 0.2) is 5.96 Å². The van der Waals surface area contributed by atoms with Crippen molar-refractivity contribution >= 4 is 29.9 Å². The van der Waals surface area contributed by atoms with Crippen molar-refractivity contribution < 1.29 is 4.39 Å².